The summed E-state index contributed by atoms with van der Waals surface area (Å²) in [7, 11) is 1.57. The molecule has 1 N–H and O–H groups in total. The van der Waals surface area contributed by atoms with E-state index in [4.69, 9.17) is 14.2 Å². The standard InChI is InChI=1S/C23H29NO5/c1-16(2)19-7-5-18(6-8-19)13-14-24-22(25)15-28-23(26)17(3)29-21-11-9-20(27-4)10-12-21/h5-12,16-17H,13-15H2,1-4H3,(H,24,25). The number of nitrogens with one attached hydrogen (secondary N) is 1. The van der Waals surface area contributed by atoms with Crippen molar-refractivity contribution in [2.24, 2.45) is 0 Å². The molecule has 0 saturated carbocycles. The van der Waals surface area contributed by atoms with Gasteiger partial charge in [-0.15, -0.1) is 0 Å². The first-order chi connectivity index (χ1) is 13.9. The average Bonchev–Trinajstić information content (AvgIpc) is 2.72. The molecular formula is C23H29NO5. The highest BCUT2D eigenvalue weighted by Gasteiger charge is 2.17. The Labute approximate surface area is 172 Å². The quantitative estimate of drug-likeness (QED) is 0.619. The molecule has 29 heavy (non-hydrogen) atoms. The lowest BCUT2D eigenvalue weighted by Crippen LogP contribution is -2.33. The molecule has 0 saturated heterocycles. The van der Waals surface area contributed by atoms with Crippen LogP contribution < -0.4 is 14.8 Å². The van der Waals surface area contributed by atoms with E-state index in [0.717, 1.165) is 12.0 Å². The maximum Gasteiger partial charge on any atom is 0.347 e. The first-order valence-electron chi connectivity index (χ1n) is 9.72. The third kappa shape index (κ3) is 7.49. The molecule has 1 amide bonds. The van der Waals surface area contributed by atoms with E-state index in [2.05, 4.69) is 43.4 Å². The van der Waals surface area contributed by atoms with Crippen LogP contribution in [-0.4, -0.2) is 38.2 Å². The summed E-state index contributed by atoms with van der Waals surface area (Å²) in [5, 5.41) is 2.75. The van der Waals surface area contributed by atoms with E-state index in [9.17, 15) is 9.59 Å². The van der Waals surface area contributed by atoms with E-state index in [0.29, 0.717) is 24.0 Å². The summed E-state index contributed by atoms with van der Waals surface area (Å²) in [4.78, 5) is 23.9. The van der Waals surface area contributed by atoms with Gasteiger partial charge in [0.25, 0.3) is 5.91 Å². The topological polar surface area (TPSA) is 73.9 Å². The van der Waals surface area contributed by atoms with Gasteiger partial charge < -0.3 is 19.5 Å². The third-order valence-corrected chi connectivity index (χ3v) is 4.43. The molecule has 0 heterocycles. The van der Waals surface area contributed by atoms with Crippen LogP contribution in [0.4, 0.5) is 0 Å². The number of hydrogen-bond donors (Lipinski definition) is 1. The van der Waals surface area contributed by atoms with E-state index in [1.165, 1.54) is 5.56 Å². The number of ether oxygens (including phenoxy) is 3. The van der Waals surface area contributed by atoms with Crippen LogP contribution in [0, 0.1) is 0 Å². The summed E-state index contributed by atoms with van der Waals surface area (Å²) in [6.07, 6.45) is -0.106. The zero-order valence-corrected chi connectivity index (χ0v) is 17.4. The second kappa shape index (κ2) is 11.1. The highest BCUT2D eigenvalue weighted by molar-refractivity contribution is 5.82. The van der Waals surface area contributed by atoms with Gasteiger partial charge in [0.1, 0.15) is 11.5 Å². The second-order valence-corrected chi connectivity index (χ2v) is 7.04. The first-order valence-corrected chi connectivity index (χ1v) is 9.72. The van der Waals surface area contributed by atoms with Crippen molar-refractivity contribution >= 4 is 11.9 Å². The van der Waals surface area contributed by atoms with Crippen LogP contribution in [0.3, 0.4) is 0 Å². The normalized spacial score (nSPS) is 11.6. The largest absolute Gasteiger partial charge is 0.497 e. The van der Waals surface area contributed by atoms with Crippen molar-refractivity contribution in [2.75, 3.05) is 20.3 Å². The Hall–Kier alpha value is -3.02. The van der Waals surface area contributed by atoms with E-state index >= 15 is 0 Å². The van der Waals surface area contributed by atoms with Gasteiger partial charge in [0, 0.05) is 6.54 Å². The van der Waals surface area contributed by atoms with Crippen LogP contribution in [0.2, 0.25) is 0 Å². The maximum absolute atomic E-state index is 12.0. The van der Waals surface area contributed by atoms with E-state index < -0.39 is 12.1 Å². The van der Waals surface area contributed by atoms with E-state index in [1.807, 2.05) is 0 Å². The summed E-state index contributed by atoms with van der Waals surface area (Å²) in [5.41, 5.74) is 2.43. The Morgan fingerprint density at radius 1 is 0.931 bits per heavy atom. The number of benzene rings is 2. The fourth-order valence-electron chi connectivity index (χ4n) is 2.63. The molecule has 0 fully saturated rings. The van der Waals surface area contributed by atoms with Gasteiger partial charge >= 0.3 is 5.97 Å². The van der Waals surface area contributed by atoms with Crippen LogP contribution in [-0.2, 0) is 20.7 Å². The van der Waals surface area contributed by atoms with Crippen molar-refractivity contribution in [1.29, 1.82) is 0 Å². The first kappa shape index (κ1) is 22.3. The highest BCUT2D eigenvalue weighted by Crippen LogP contribution is 2.18. The summed E-state index contributed by atoms with van der Waals surface area (Å²) >= 11 is 0. The smallest absolute Gasteiger partial charge is 0.347 e. The molecule has 0 radical (unpaired) electrons. The molecule has 156 valence electrons. The molecule has 6 heteroatoms. The second-order valence-electron chi connectivity index (χ2n) is 7.04. The summed E-state index contributed by atoms with van der Waals surface area (Å²) in [6, 6.07) is 15.2. The zero-order valence-electron chi connectivity index (χ0n) is 17.4. The van der Waals surface area contributed by atoms with Gasteiger partial charge in [0.05, 0.1) is 7.11 Å². The molecule has 1 atom stereocenters. The summed E-state index contributed by atoms with van der Waals surface area (Å²) < 4.78 is 15.6. The van der Waals surface area contributed by atoms with Crippen LogP contribution in [0.15, 0.2) is 48.5 Å². The van der Waals surface area contributed by atoms with Crippen molar-refractivity contribution in [2.45, 2.75) is 39.2 Å². The van der Waals surface area contributed by atoms with Crippen molar-refractivity contribution in [3.05, 3.63) is 59.7 Å². The van der Waals surface area contributed by atoms with Gasteiger partial charge in [0.15, 0.2) is 12.7 Å². The number of esters is 1. The predicted octanol–water partition coefficient (Wildman–Crippen LogP) is 3.49. The molecule has 1 unspecified atom stereocenters. The van der Waals surface area contributed by atoms with Crippen LogP contribution in [0.25, 0.3) is 0 Å². The third-order valence-electron chi connectivity index (χ3n) is 4.43. The van der Waals surface area contributed by atoms with Gasteiger partial charge in [-0.3, -0.25) is 4.79 Å². The molecule has 6 nitrogen and oxygen atoms in total. The number of amides is 1. The van der Waals surface area contributed by atoms with Crippen molar-refractivity contribution in [1.82, 2.24) is 5.32 Å². The molecule has 0 spiro atoms. The Balaban J connectivity index is 1.67. The minimum atomic E-state index is -0.823. The summed E-state index contributed by atoms with van der Waals surface area (Å²) in [6.45, 7) is 6.03. The van der Waals surface area contributed by atoms with Crippen LogP contribution in [0.5, 0.6) is 11.5 Å². The number of rotatable bonds is 10. The molecule has 0 aliphatic rings. The Morgan fingerprint density at radius 2 is 1.55 bits per heavy atom. The van der Waals surface area contributed by atoms with E-state index in [1.54, 1.807) is 38.3 Å². The number of methoxy groups -OCH3 is 1. The predicted molar refractivity (Wildman–Crippen MR) is 111 cm³/mol. The lowest BCUT2D eigenvalue weighted by molar-refractivity contribution is -0.154. The Kier molecular flexibility index (Phi) is 8.52. The highest BCUT2D eigenvalue weighted by atomic mass is 16.6. The molecular weight excluding hydrogens is 370 g/mol. The molecule has 2 rings (SSSR count). The molecule has 2 aromatic carbocycles. The molecule has 0 aromatic heterocycles. The lowest BCUT2D eigenvalue weighted by Gasteiger charge is -2.14. The minimum Gasteiger partial charge on any atom is -0.497 e. The fraction of sp³-hybridized carbons (Fsp3) is 0.391. The van der Waals surface area contributed by atoms with Crippen LogP contribution in [0.1, 0.15) is 37.8 Å². The Morgan fingerprint density at radius 3 is 2.14 bits per heavy atom. The molecule has 0 bridgehead atoms. The molecule has 2 aromatic rings. The van der Waals surface area contributed by atoms with Crippen molar-refractivity contribution < 1.29 is 23.8 Å². The van der Waals surface area contributed by atoms with Crippen LogP contribution >= 0.6 is 0 Å². The molecule has 0 aliphatic carbocycles. The van der Waals surface area contributed by atoms with Gasteiger partial charge in [-0.1, -0.05) is 38.1 Å². The summed E-state index contributed by atoms with van der Waals surface area (Å²) in [5.74, 6) is 0.770. The zero-order chi connectivity index (χ0) is 21.2. The van der Waals surface area contributed by atoms with Crippen molar-refractivity contribution in [3.63, 3.8) is 0 Å². The van der Waals surface area contributed by atoms with Gasteiger partial charge in [-0.25, -0.2) is 4.79 Å². The monoisotopic (exact) mass is 399 g/mol. The van der Waals surface area contributed by atoms with E-state index in [-0.39, 0.29) is 12.5 Å². The van der Waals surface area contributed by atoms with Crippen molar-refractivity contribution in [3.8, 4) is 11.5 Å². The SMILES string of the molecule is COc1ccc(OC(C)C(=O)OCC(=O)NCCc2ccc(C(C)C)cc2)cc1. The van der Waals surface area contributed by atoms with Gasteiger partial charge in [-0.2, -0.15) is 0 Å². The average molecular weight is 399 g/mol. The molecule has 0 aliphatic heterocycles. The fourth-order valence-corrected chi connectivity index (χ4v) is 2.63. The van der Waals surface area contributed by atoms with Gasteiger partial charge in [0.2, 0.25) is 0 Å². The number of carbonyl (C=O) groups is 2. The maximum atomic E-state index is 12.0. The number of hydrogen-bond acceptors (Lipinski definition) is 5. The van der Waals surface area contributed by atoms with Gasteiger partial charge in [-0.05, 0) is 54.7 Å². The number of carbonyl (C=O) groups excluding carboxylic acids is 2. The lowest BCUT2D eigenvalue weighted by atomic mass is 10.0. The Bertz CT molecular complexity index is 784. The minimum absolute atomic E-state index is 0.332.